The molecule has 2 heterocycles. The summed E-state index contributed by atoms with van der Waals surface area (Å²) >= 11 is 9.31. The third-order valence-electron chi connectivity index (χ3n) is 2.67. The number of esters is 1. The molecule has 0 saturated heterocycles. The summed E-state index contributed by atoms with van der Waals surface area (Å²) < 4.78 is 6.35. The van der Waals surface area contributed by atoms with Crippen molar-refractivity contribution in [2.24, 2.45) is 0 Å². The number of carbonyl (C=O) groups is 3. The van der Waals surface area contributed by atoms with Crippen molar-refractivity contribution in [3.8, 4) is 0 Å². The largest absolute Gasteiger partial charge is 0.451 e. The Morgan fingerprint density at radius 3 is 2.67 bits per heavy atom. The fourth-order valence-corrected chi connectivity index (χ4v) is 4.25. The molecule has 6 nitrogen and oxygen atoms in total. The summed E-state index contributed by atoms with van der Waals surface area (Å²) in [5, 5.41) is 6.63. The van der Waals surface area contributed by atoms with E-state index in [1.807, 2.05) is 17.5 Å². The highest BCUT2D eigenvalue weighted by atomic mass is 79.9. The monoisotopic (exact) mass is 494 g/mol. The number of amides is 3. The lowest BCUT2D eigenvalue weighted by Crippen LogP contribution is -2.42. The first-order valence-electron chi connectivity index (χ1n) is 6.67. The van der Waals surface area contributed by atoms with E-state index in [1.54, 1.807) is 17.4 Å². The minimum absolute atomic E-state index is 0.349. The summed E-state index contributed by atoms with van der Waals surface area (Å²) in [7, 11) is 0. The van der Waals surface area contributed by atoms with Crippen LogP contribution in [0.15, 0.2) is 31.8 Å². The van der Waals surface area contributed by atoms with Crippen LogP contribution in [0.2, 0.25) is 0 Å². The van der Waals surface area contributed by atoms with Crippen LogP contribution in [0.25, 0.3) is 0 Å². The molecule has 0 atom stereocenters. The Morgan fingerprint density at radius 1 is 1.25 bits per heavy atom. The van der Waals surface area contributed by atoms with Crippen LogP contribution in [0.1, 0.15) is 14.5 Å². The van der Waals surface area contributed by atoms with E-state index >= 15 is 0 Å². The number of thiophene rings is 2. The molecule has 24 heavy (non-hydrogen) atoms. The summed E-state index contributed by atoms with van der Waals surface area (Å²) in [6.07, 6.45) is 0.691. The van der Waals surface area contributed by atoms with E-state index in [9.17, 15) is 14.4 Å². The van der Waals surface area contributed by atoms with Gasteiger partial charge in [0, 0.05) is 15.9 Å². The van der Waals surface area contributed by atoms with Crippen molar-refractivity contribution in [1.29, 1.82) is 0 Å². The molecule has 0 aromatic carbocycles. The van der Waals surface area contributed by atoms with E-state index < -0.39 is 24.5 Å². The minimum atomic E-state index is -0.688. The molecule has 10 heteroatoms. The van der Waals surface area contributed by atoms with Crippen LogP contribution in [0, 0.1) is 0 Å². The zero-order valence-electron chi connectivity index (χ0n) is 12.1. The summed E-state index contributed by atoms with van der Waals surface area (Å²) in [5.41, 5.74) is 0. The number of imide groups is 1. The normalized spacial score (nSPS) is 10.2. The maximum atomic E-state index is 11.8. The van der Waals surface area contributed by atoms with Crippen molar-refractivity contribution in [2.75, 3.05) is 13.2 Å². The number of hydrogen-bond acceptors (Lipinski definition) is 6. The average Bonchev–Trinajstić information content (AvgIpc) is 3.15. The predicted molar refractivity (Wildman–Crippen MR) is 99.6 cm³/mol. The third kappa shape index (κ3) is 6.00. The molecule has 2 aromatic rings. The van der Waals surface area contributed by atoms with Crippen molar-refractivity contribution < 1.29 is 19.1 Å². The van der Waals surface area contributed by atoms with Gasteiger partial charge in [0.25, 0.3) is 5.91 Å². The van der Waals surface area contributed by atoms with Gasteiger partial charge in [0.2, 0.25) is 0 Å². The Kier molecular flexibility index (Phi) is 7.40. The first kappa shape index (κ1) is 19.1. The van der Waals surface area contributed by atoms with Crippen molar-refractivity contribution >= 4 is 72.4 Å². The Morgan fingerprint density at radius 2 is 2.04 bits per heavy atom. The smallest absolute Gasteiger partial charge is 0.348 e. The second-order valence-electron chi connectivity index (χ2n) is 4.44. The van der Waals surface area contributed by atoms with Crippen LogP contribution >= 0.6 is 54.5 Å². The maximum absolute atomic E-state index is 11.8. The van der Waals surface area contributed by atoms with E-state index in [1.165, 1.54) is 11.3 Å². The van der Waals surface area contributed by atoms with Gasteiger partial charge in [-0.1, -0.05) is 6.07 Å². The summed E-state index contributed by atoms with van der Waals surface area (Å²) in [4.78, 5) is 36.4. The molecule has 0 spiro atoms. The molecule has 0 radical (unpaired) electrons. The number of rotatable bonds is 6. The Hall–Kier alpha value is -1.23. The van der Waals surface area contributed by atoms with Gasteiger partial charge in [-0.2, -0.15) is 0 Å². The van der Waals surface area contributed by atoms with Crippen LogP contribution in [-0.4, -0.2) is 31.1 Å². The summed E-state index contributed by atoms with van der Waals surface area (Å²) in [5.74, 6) is -1.31. The molecule has 0 fully saturated rings. The number of hydrogen-bond donors (Lipinski definition) is 2. The standard InChI is InChI=1S/C14H12Br2N2O4S2/c15-9-6-10(24-12(9)16)13(20)22-7-11(19)18-14(21)17-4-3-8-2-1-5-23-8/h1-2,5-6H,3-4,7H2,(H2,17,18,19,21). The van der Waals surface area contributed by atoms with E-state index in [0.717, 1.165) is 13.1 Å². The van der Waals surface area contributed by atoms with E-state index in [4.69, 9.17) is 4.74 Å². The van der Waals surface area contributed by atoms with Gasteiger partial charge in [0.1, 0.15) is 4.88 Å². The van der Waals surface area contributed by atoms with Gasteiger partial charge in [-0.15, -0.1) is 22.7 Å². The number of ether oxygens (including phenoxy) is 1. The molecule has 2 aromatic heterocycles. The molecular formula is C14H12Br2N2O4S2. The lowest BCUT2D eigenvalue weighted by atomic mass is 10.3. The molecule has 2 N–H and O–H groups in total. The first-order chi connectivity index (χ1) is 11.5. The van der Waals surface area contributed by atoms with Crippen molar-refractivity contribution in [1.82, 2.24) is 10.6 Å². The Labute approximate surface area is 162 Å². The molecular weight excluding hydrogens is 484 g/mol. The molecule has 0 aliphatic carbocycles. The maximum Gasteiger partial charge on any atom is 0.348 e. The molecule has 0 aliphatic rings. The van der Waals surface area contributed by atoms with Crippen LogP contribution in [0.3, 0.4) is 0 Å². The molecule has 0 aliphatic heterocycles. The zero-order valence-corrected chi connectivity index (χ0v) is 16.9. The van der Waals surface area contributed by atoms with Crippen molar-refractivity contribution in [3.63, 3.8) is 0 Å². The third-order valence-corrected chi connectivity index (χ3v) is 6.84. The second-order valence-corrected chi connectivity index (χ2v) is 8.70. The van der Waals surface area contributed by atoms with E-state index in [-0.39, 0.29) is 0 Å². The van der Waals surface area contributed by atoms with Crippen molar-refractivity contribution in [2.45, 2.75) is 6.42 Å². The molecule has 3 amide bonds. The number of urea groups is 1. The molecule has 0 unspecified atom stereocenters. The highest BCUT2D eigenvalue weighted by molar-refractivity contribution is 9.13. The van der Waals surface area contributed by atoms with Gasteiger partial charge in [0.05, 0.1) is 3.79 Å². The Bertz CT molecular complexity index is 712. The Balaban J connectivity index is 1.66. The lowest BCUT2D eigenvalue weighted by Gasteiger charge is -2.06. The van der Waals surface area contributed by atoms with Gasteiger partial charge in [-0.25, -0.2) is 9.59 Å². The van der Waals surface area contributed by atoms with Crippen LogP contribution in [0.5, 0.6) is 0 Å². The van der Waals surface area contributed by atoms with E-state index in [2.05, 4.69) is 42.5 Å². The van der Waals surface area contributed by atoms with Crippen LogP contribution in [0.4, 0.5) is 4.79 Å². The highest BCUT2D eigenvalue weighted by Gasteiger charge is 2.16. The number of halogens is 2. The van der Waals surface area contributed by atoms with Gasteiger partial charge in [0.15, 0.2) is 6.61 Å². The number of carbonyl (C=O) groups excluding carboxylic acids is 3. The molecule has 0 saturated carbocycles. The quantitative estimate of drug-likeness (QED) is 0.600. The lowest BCUT2D eigenvalue weighted by molar-refractivity contribution is -0.123. The molecule has 128 valence electrons. The van der Waals surface area contributed by atoms with Gasteiger partial charge >= 0.3 is 12.0 Å². The van der Waals surface area contributed by atoms with Crippen molar-refractivity contribution in [3.05, 3.63) is 41.6 Å². The fraction of sp³-hybridized carbons (Fsp3) is 0.214. The van der Waals surface area contributed by atoms with Crippen LogP contribution in [-0.2, 0) is 16.0 Å². The predicted octanol–water partition coefficient (Wildman–Crippen LogP) is 3.56. The zero-order chi connectivity index (χ0) is 17.5. The summed E-state index contributed by atoms with van der Waals surface area (Å²) in [6.45, 7) is -0.110. The van der Waals surface area contributed by atoms with Gasteiger partial charge in [-0.3, -0.25) is 10.1 Å². The molecule has 2 rings (SSSR count). The first-order valence-corrected chi connectivity index (χ1v) is 9.96. The topological polar surface area (TPSA) is 84.5 Å². The SMILES string of the molecule is O=C(COC(=O)c1cc(Br)c(Br)s1)NC(=O)NCCc1cccs1. The fourth-order valence-electron chi connectivity index (χ4n) is 1.61. The molecule has 0 bridgehead atoms. The highest BCUT2D eigenvalue weighted by Crippen LogP contribution is 2.32. The second kappa shape index (κ2) is 9.30. The number of nitrogens with one attached hydrogen (secondary N) is 2. The minimum Gasteiger partial charge on any atom is -0.451 e. The van der Waals surface area contributed by atoms with Crippen LogP contribution < -0.4 is 10.6 Å². The van der Waals surface area contributed by atoms with E-state index in [0.29, 0.717) is 17.8 Å². The van der Waals surface area contributed by atoms with Gasteiger partial charge in [-0.05, 0) is 55.8 Å². The average molecular weight is 496 g/mol. The summed E-state index contributed by atoms with van der Waals surface area (Å²) in [6, 6.07) is 4.87. The van der Waals surface area contributed by atoms with Gasteiger partial charge < -0.3 is 10.1 Å².